The number of carbonyl (C=O) groups is 2. The van der Waals surface area contributed by atoms with Crippen molar-refractivity contribution in [1.29, 1.82) is 0 Å². The predicted molar refractivity (Wildman–Crippen MR) is 192 cm³/mol. The molecule has 1 amide bonds. The van der Waals surface area contributed by atoms with Gasteiger partial charge in [0.1, 0.15) is 18.2 Å². The zero-order valence-corrected chi connectivity index (χ0v) is 29.0. The third-order valence-corrected chi connectivity index (χ3v) is 9.66. The first-order valence-electron chi connectivity index (χ1n) is 16.8. The fraction of sp³-hybridized carbons (Fsp3) is 0.359. The van der Waals surface area contributed by atoms with Crippen LogP contribution in [0.2, 0.25) is 10.0 Å². The maximum Gasteiger partial charge on any atom is 0.335 e. The highest BCUT2D eigenvalue weighted by Gasteiger charge is 2.29. The smallest absolute Gasteiger partial charge is 0.335 e. The van der Waals surface area contributed by atoms with Crippen LogP contribution in [0.5, 0.6) is 5.75 Å². The number of halogens is 2. The second-order valence-electron chi connectivity index (χ2n) is 12.5. The predicted octanol–water partition coefficient (Wildman–Crippen LogP) is 9.72. The molecule has 1 heterocycles. The Balaban J connectivity index is 1.40. The number of carboxylic acid groups (broad SMARTS) is 1. The molecule has 1 aliphatic carbocycles. The monoisotopic (exact) mass is 687 g/mol. The summed E-state index contributed by atoms with van der Waals surface area (Å²) >= 11 is 12.8. The van der Waals surface area contributed by atoms with Gasteiger partial charge in [0.2, 0.25) is 5.91 Å². The molecule has 1 aromatic heterocycles. The first-order chi connectivity index (χ1) is 23.2. The lowest BCUT2D eigenvalue weighted by molar-refractivity contribution is -0.127. The van der Waals surface area contributed by atoms with Gasteiger partial charge in [-0.1, -0.05) is 79.9 Å². The number of aromatic carboxylic acids is 1. The summed E-state index contributed by atoms with van der Waals surface area (Å²) in [4.78, 5) is 30.0. The summed E-state index contributed by atoms with van der Waals surface area (Å²) in [5, 5.41) is 13.6. The molecule has 1 fully saturated rings. The molecule has 0 unspecified atom stereocenters. The van der Waals surface area contributed by atoms with Gasteiger partial charge in [-0.25, -0.2) is 9.78 Å². The third-order valence-electron chi connectivity index (χ3n) is 9.11. The van der Waals surface area contributed by atoms with Gasteiger partial charge in [-0.3, -0.25) is 4.79 Å². The first-order valence-corrected chi connectivity index (χ1v) is 17.5. The topological polar surface area (TPSA) is 93.5 Å². The van der Waals surface area contributed by atoms with Gasteiger partial charge in [0.05, 0.1) is 22.3 Å². The zero-order chi connectivity index (χ0) is 34.0. The summed E-state index contributed by atoms with van der Waals surface area (Å²) in [6.45, 7) is 5.25. The van der Waals surface area contributed by atoms with E-state index in [-0.39, 0.29) is 23.4 Å². The van der Waals surface area contributed by atoms with Crippen molar-refractivity contribution >= 4 is 35.1 Å². The minimum atomic E-state index is -0.957. The lowest BCUT2D eigenvalue weighted by Crippen LogP contribution is -2.37. The fourth-order valence-corrected chi connectivity index (χ4v) is 6.74. The highest BCUT2D eigenvalue weighted by atomic mass is 35.5. The van der Waals surface area contributed by atoms with Crippen molar-refractivity contribution in [2.45, 2.75) is 78.0 Å². The molecule has 1 saturated carbocycles. The summed E-state index contributed by atoms with van der Waals surface area (Å²) in [6, 6.07) is 19.5. The van der Waals surface area contributed by atoms with Crippen molar-refractivity contribution in [1.82, 2.24) is 14.9 Å². The van der Waals surface area contributed by atoms with Gasteiger partial charge in [-0.15, -0.1) is 0 Å². The van der Waals surface area contributed by atoms with E-state index in [9.17, 15) is 9.59 Å². The maximum atomic E-state index is 13.8. The molecule has 1 aliphatic rings. The molecule has 48 heavy (non-hydrogen) atoms. The Morgan fingerprint density at radius 3 is 2.33 bits per heavy atom. The Labute approximate surface area is 293 Å². The normalized spacial score (nSPS) is 16.9. The summed E-state index contributed by atoms with van der Waals surface area (Å²) in [5.41, 5.74) is 3.64. The van der Waals surface area contributed by atoms with E-state index in [0.717, 1.165) is 66.7 Å². The molecular weight excluding hydrogens is 645 g/mol. The summed E-state index contributed by atoms with van der Waals surface area (Å²) in [5.74, 6) is 1.27. The van der Waals surface area contributed by atoms with Crippen LogP contribution in [0.15, 0.2) is 85.1 Å². The second-order valence-corrected chi connectivity index (χ2v) is 13.3. The Hall–Kier alpha value is -4.07. The van der Waals surface area contributed by atoms with Gasteiger partial charge in [-0.05, 0) is 98.0 Å². The molecule has 5 rings (SSSR count). The molecule has 9 heteroatoms. The van der Waals surface area contributed by atoms with Crippen LogP contribution in [0.4, 0.5) is 0 Å². The summed E-state index contributed by atoms with van der Waals surface area (Å²) in [6.07, 6.45) is 12.8. The van der Waals surface area contributed by atoms with Gasteiger partial charge >= 0.3 is 5.97 Å². The number of imidazole rings is 1. The Morgan fingerprint density at radius 2 is 1.69 bits per heavy atom. The van der Waals surface area contributed by atoms with Crippen LogP contribution in [0.1, 0.15) is 85.7 Å². The third kappa shape index (κ3) is 9.30. The van der Waals surface area contributed by atoms with Crippen molar-refractivity contribution in [3.8, 4) is 17.0 Å². The molecule has 3 aromatic carbocycles. The van der Waals surface area contributed by atoms with Crippen molar-refractivity contribution in [3.05, 3.63) is 118 Å². The number of ether oxygens (including phenoxy) is 1. The summed E-state index contributed by atoms with van der Waals surface area (Å²) in [7, 11) is 0. The number of amides is 1. The molecule has 4 aromatic rings. The van der Waals surface area contributed by atoms with Crippen LogP contribution in [0.3, 0.4) is 0 Å². The van der Waals surface area contributed by atoms with Gasteiger partial charge < -0.3 is 19.7 Å². The molecule has 0 aliphatic heterocycles. The molecule has 1 atom stereocenters. The van der Waals surface area contributed by atoms with Gasteiger partial charge in [0.15, 0.2) is 0 Å². The first kappa shape index (κ1) is 35.2. The van der Waals surface area contributed by atoms with Crippen molar-refractivity contribution in [2.24, 2.45) is 11.8 Å². The zero-order valence-electron chi connectivity index (χ0n) is 27.5. The van der Waals surface area contributed by atoms with Crippen LogP contribution in [0, 0.1) is 11.8 Å². The van der Waals surface area contributed by atoms with Gasteiger partial charge in [0.25, 0.3) is 0 Å². The largest absolute Gasteiger partial charge is 0.489 e. The molecule has 0 saturated heterocycles. The average molecular weight is 689 g/mol. The van der Waals surface area contributed by atoms with E-state index in [4.69, 9.17) is 38.0 Å². The molecule has 0 radical (unpaired) electrons. The van der Waals surface area contributed by atoms with E-state index >= 15 is 0 Å². The number of aromatic nitrogens is 2. The number of nitrogens with zero attached hydrogens (tertiary/aromatic N) is 2. The van der Waals surface area contributed by atoms with Crippen LogP contribution in [0.25, 0.3) is 11.3 Å². The second kappa shape index (κ2) is 16.8. The highest BCUT2D eigenvalue weighted by Crippen LogP contribution is 2.34. The number of carboxylic acids is 1. The number of allylic oxidation sites excluding steroid dienone is 2. The Kier molecular flexibility index (Phi) is 12.4. The number of hydrogen-bond donors (Lipinski definition) is 2. The van der Waals surface area contributed by atoms with Gasteiger partial charge in [-0.2, -0.15) is 0 Å². The fourth-order valence-electron chi connectivity index (χ4n) is 6.23. The van der Waals surface area contributed by atoms with E-state index in [1.165, 1.54) is 0 Å². The van der Waals surface area contributed by atoms with Gasteiger partial charge in [0, 0.05) is 29.2 Å². The highest BCUT2D eigenvalue weighted by molar-refractivity contribution is 6.36. The average Bonchev–Trinajstić information content (AvgIpc) is 3.51. The molecule has 7 nitrogen and oxygen atoms in total. The minimum Gasteiger partial charge on any atom is -0.489 e. The maximum absolute atomic E-state index is 13.8. The van der Waals surface area contributed by atoms with E-state index < -0.39 is 5.97 Å². The van der Waals surface area contributed by atoms with E-state index in [1.54, 1.807) is 36.4 Å². The van der Waals surface area contributed by atoms with Crippen molar-refractivity contribution in [2.75, 3.05) is 0 Å². The lowest BCUT2D eigenvalue weighted by Gasteiger charge is -2.29. The van der Waals surface area contributed by atoms with E-state index in [0.29, 0.717) is 41.3 Å². The number of carbonyl (C=O) groups excluding carboxylic acids is 1. The number of benzene rings is 3. The van der Waals surface area contributed by atoms with Crippen LogP contribution >= 0.6 is 23.2 Å². The Morgan fingerprint density at radius 1 is 0.979 bits per heavy atom. The lowest BCUT2D eigenvalue weighted by atomic mass is 9.80. The Bertz CT molecular complexity index is 1710. The van der Waals surface area contributed by atoms with E-state index in [2.05, 4.69) is 35.9 Å². The number of rotatable bonds is 14. The van der Waals surface area contributed by atoms with Crippen LogP contribution in [-0.2, 0) is 24.4 Å². The van der Waals surface area contributed by atoms with Crippen molar-refractivity contribution < 1.29 is 19.4 Å². The molecule has 252 valence electrons. The number of hydrogen-bond acceptors (Lipinski definition) is 4. The van der Waals surface area contributed by atoms with Crippen molar-refractivity contribution in [3.63, 3.8) is 0 Å². The van der Waals surface area contributed by atoms with E-state index in [1.807, 2.05) is 36.5 Å². The quantitative estimate of drug-likeness (QED) is 0.129. The summed E-state index contributed by atoms with van der Waals surface area (Å²) < 4.78 is 8.08. The molecule has 0 spiro atoms. The molecular formula is C39H43Cl2N3O4. The molecule has 2 N–H and O–H groups in total. The standard InChI is InChI=1S/C39H43Cl2N3O4/c1-3-5-6-21-44-24-36(33-20-17-31(40)23-34(33)41)42-37(44)35(43-38(45)29-13-7-26(4-2)8-14-29)22-27-11-18-32(19-12-27)48-25-28-9-15-30(16-10-28)39(46)47/h5-6,9-12,15-20,23-24,26,29,35H,3-4,7-8,13-14,21-22,25H2,1-2H3,(H,43,45)(H,46,47)/b6-5+/t26?,29?,35-/m0/s1. The number of nitrogens with one attached hydrogen (secondary N) is 1. The van der Waals surface area contributed by atoms with Crippen LogP contribution < -0.4 is 10.1 Å². The molecule has 0 bridgehead atoms. The minimum absolute atomic E-state index is 0.00998. The van der Waals surface area contributed by atoms with Crippen LogP contribution in [-0.4, -0.2) is 26.5 Å². The SMILES string of the molecule is CC/C=C/Cn1cc(-c2ccc(Cl)cc2Cl)nc1[C@H](Cc1ccc(OCc2ccc(C(=O)O)cc2)cc1)NC(=O)C1CCC(CC)CC1.